The highest BCUT2D eigenvalue weighted by atomic mass is 16.5. The van der Waals surface area contributed by atoms with Crippen LogP contribution in [0.1, 0.15) is 44.0 Å². The molecule has 34 heavy (non-hydrogen) atoms. The summed E-state index contributed by atoms with van der Waals surface area (Å²) in [6, 6.07) is 4.81. The average molecular weight is 476 g/mol. The number of likely N-dealkylation sites (N-methyl/N-ethyl adjacent to an activating group) is 1. The van der Waals surface area contributed by atoms with Gasteiger partial charge >= 0.3 is 0 Å². The van der Waals surface area contributed by atoms with E-state index in [1.165, 1.54) is 6.92 Å². The van der Waals surface area contributed by atoms with Gasteiger partial charge in [0.15, 0.2) is 0 Å². The third kappa shape index (κ3) is 6.27. The van der Waals surface area contributed by atoms with E-state index >= 15 is 0 Å². The molecule has 1 aromatic carbocycles. The number of nitrogens with one attached hydrogen (secondary N) is 1. The highest BCUT2D eigenvalue weighted by Crippen LogP contribution is 2.27. The lowest BCUT2D eigenvalue weighted by Gasteiger charge is -2.38. The van der Waals surface area contributed by atoms with E-state index in [1.807, 2.05) is 18.7 Å². The summed E-state index contributed by atoms with van der Waals surface area (Å²) in [5.41, 5.74) is 0.871. The topological polar surface area (TPSA) is 97.4 Å². The van der Waals surface area contributed by atoms with Crippen molar-refractivity contribution in [3.8, 4) is 5.75 Å². The molecule has 0 spiro atoms. The van der Waals surface area contributed by atoms with Gasteiger partial charge in [-0.1, -0.05) is 6.92 Å². The number of fused-ring (bicyclic) bond motifs is 1. The smallest absolute Gasteiger partial charge is 0.257 e. The molecule has 0 aliphatic carbocycles. The number of carbonyl (C=O) groups excluding carboxylic acids is 3. The third-order valence-corrected chi connectivity index (χ3v) is 6.62. The van der Waals surface area contributed by atoms with Crippen LogP contribution in [0.25, 0.3) is 0 Å². The first-order valence-electron chi connectivity index (χ1n) is 11.9. The van der Waals surface area contributed by atoms with Gasteiger partial charge in [0.05, 0.1) is 17.7 Å². The van der Waals surface area contributed by atoms with Crippen molar-refractivity contribution in [3.63, 3.8) is 0 Å². The van der Waals surface area contributed by atoms with Crippen LogP contribution < -0.4 is 10.1 Å². The predicted molar refractivity (Wildman–Crippen MR) is 128 cm³/mol. The lowest BCUT2D eigenvalue weighted by molar-refractivity contribution is -0.142. The van der Waals surface area contributed by atoms with E-state index in [-0.39, 0.29) is 48.3 Å². The lowest BCUT2D eigenvalue weighted by atomic mass is 9.95. The molecule has 188 valence electrons. The minimum atomic E-state index is -0.256. The maximum absolute atomic E-state index is 13.5. The van der Waals surface area contributed by atoms with Crippen molar-refractivity contribution >= 4 is 23.4 Å². The zero-order valence-electron chi connectivity index (χ0n) is 20.8. The van der Waals surface area contributed by atoms with E-state index in [0.29, 0.717) is 43.3 Å². The van der Waals surface area contributed by atoms with Gasteiger partial charge in [0.2, 0.25) is 11.8 Å². The van der Waals surface area contributed by atoms with E-state index in [9.17, 15) is 14.4 Å². The molecular formula is C25H37N3O6. The first-order valence-corrected chi connectivity index (χ1v) is 11.9. The molecular weight excluding hydrogens is 438 g/mol. The standard InChI is InChI=1S/C25H37N3O6/c1-16-13-28(24(30)19-8-10-33-11-9-19)17(2)15-34-22-7-6-20(26-18(3)29)12-21(22)25(31)27(4)14-23(16)32-5/h6-7,12,16-17,19,23H,8-11,13-15H2,1-5H3,(H,26,29)/t16-,17+,23+/m1/s1. The summed E-state index contributed by atoms with van der Waals surface area (Å²) < 4.78 is 17.3. The fourth-order valence-electron chi connectivity index (χ4n) is 4.54. The van der Waals surface area contributed by atoms with Gasteiger partial charge in [-0.3, -0.25) is 14.4 Å². The number of carbonyl (C=O) groups is 3. The Kier molecular flexibility index (Phi) is 8.90. The van der Waals surface area contributed by atoms with Gasteiger partial charge < -0.3 is 29.3 Å². The van der Waals surface area contributed by atoms with Gasteiger partial charge in [-0.05, 0) is 38.0 Å². The Hall–Kier alpha value is -2.65. The Morgan fingerprint density at radius 3 is 2.50 bits per heavy atom. The predicted octanol–water partition coefficient (Wildman–Crippen LogP) is 2.40. The number of ether oxygens (including phenoxy) is 3. The normalized spacial score (nSPS) is 25.0. The molecule has 1 saturated heterocycles. The van der Waals surface area contributed by atoms with E-state index in [0.717, 1.165) is 12.8 Å². The van der Waals surface area contributed by atoms with Crippen LogP contribution in [0.2, 0.25) is 0 Å². The summed E-state index contributed by atoms with van der Waals surface area (Å²) in [5.74, 6) is 0.0200. The number of anilines is 1. The molecule has 0 saturated carbocycles. The first kappa shape index (κ1) is 26.0. The largest absolute Gasteiger partial charge is 0.491 e. The second-order valence-electron chi connectivity index (χ2n) is 9.37. The van der Waals surface area contributed by atoms with Gasteiger partial charge in [-0.15, -0.1) is 0 Å². The van der Waals surface area contributed by atoms with E-state index in [1.54, 1.807) is 37.3 Å². The van der Waals surface area contributed by atoms with E-state index < -0.39 is 0 Å². The molecule has 0 bridgehead atoms. The fourth-order valence-corrected chi connectivity index (χ4v) is 4.54. The Morgan fingerprint density at radius 1 is 1.15 bits per heavy atom. The van der Waals surface area contributed by atoms with Crippen LogP contribution >= 0.6 is 0 Å². The number of rotatable bonds is 3. The molecule has 1 N–H and O–H groups in total. The van der Waals surface area contributed by atoms with Gasteiger partial charge in [0.25, 0.3) is 5.91 Å². The highest BCUT2D eigenvalue weighted by Gasteiger charge is 2.33. The van der Waals surface area contributed by atoms with Gasteiger partial charge in [0.1, 0.15) is 12.4 Å². The number of methoxy groups -OCH3 is 1. The van der Waals surface area contributed by atoms with Crippen LogP contribution in [0, 0.1) is 11.8 Å². The van der Waals surface area contributed by atoms with Crippen LogP contribution in [0.3, 0.4) is 0 Å². The Balaban J connectivity index is 1.94. The van der Waals surface area contributed by atoms with Crippen LogP contribution in [-0.2, 0) is 19.1 Å². The van der Waals surface area contributed by atoms with Crippen LogP contribution in [0.4, 0.5) is 5.69 Å². The van der Waals surface area contributed by atoms with Crippen LogP contribution in [-0.4, -0.2) is 86.7 Å². The summed E-state index contributed by atoms with van der Waals surface area (Å²) in [4.78, 5) is 41.8. The molecule has 2 heterocycles. The summed E-state index contributed by atoms with van der Waals surface area (Å²) in [5, 5.41) is 2.72. The summed E-state index contributed by atoms with van der Waals surface area (Å²) in [6.07, 6.45) is 1.18. The number of hydrogen-bond acceptors (Lipinski definition) is 6. The van der Waals surface area contributed by atoms with Gasteiger partial charge in [0, 0.05) is 64.9 Å². The van der Waals surface area contributed by atoms with Crippen molar-refractivity contribution in [2.45, 2.75) is 45.8 Å². The summed E-state index contributed by atoms with van der Waals surface area (Å²) in [7, 11) is 3.35. The van der Waals surface area contributed by atoms with Crippen molar-refractivity contribution < 1.29 is 28.6 Å². The highest BCUT2D eigenvalue weighted by molar-refractivity contribution is 5.99. The number of amides is 3. The average Bonchev–Trinajstić information content (AvgIpc) is 2.83. The molecule has 3 amide bonds. The zero-order valence-corrected chi connectivity index (χ0v) is 20.8. The van der Waals surface area contributed by atoms with Crippen molar-refractivity contribution in [2.24, 2.45) is 11.8 Å². The molecule has 3 rings (SSSR count). The third-order valence-electron chi connectivity index (χ3n) is 6.62. The molecule has 0 aromatic heterocycles. The summed E-state index contributed by atoms with van der Waals surface area (Å²) in [6.45, 7) is 7.73. The molecule has 1 fully saturated rings. The monoisotopic (exact) mass is 475 g/mol. The maximum atomic E-state index is 13.5. The molecule has 0 unspecified atom stereocenters. The van der Waals surface area contributed by atoms with Gasteiger partial charge in [-0.2, -0.15) is 0 Å². The Labute approximate surface area is 201 Å². The van der Waals surface area contributed by atoms with Crippen molar-refractivity contribution in [3.05, 3.63) is 23.8 Å². The SMILES string of the molecule is CO[C@H]1CN(C)C(=O)c2cc(NC(C)=O)ccc2OC[C@H](C)N(C(=O)C2CCOCC2)C[C@H]1C. The van der Waals surface area contributed by atoms with Crippen molar-refractivity contribution in [1.29, 1.82) is 0 Å². The lowest BCUT2D eigenvalue weighted by Crippen LogP contribution is -2.50. The number of benzene rings is 1. The molecule has 9 nitrogen and oxygen atoms in total. The zero-order chi connectivity index (χ0) is 24.8. The van der Waals surface area contributed by atoms with E-state index in [2.05, 4.69) is 5.32 Å². The molecule has 0 radical (unpaired) electrons. The van der Waals surface area contributed by atoms with Gasteiger partial charge in [-0.25, -0.2) is 0 Å². The number of nitrogens with zero attached hydrogens (tertiary/aromatic N) is 2. The maximum Gasteiger partial charge on any atom is 0.257 e. The fraction of sp³-hybridized carbons (Fsp3) is 0.640. The molecule has 1 aromatic rings. The van der Waals surface area contributed by atoms with E-state index in [4.69, 9.17) is 14.2 Å². The summed E-state index contributed by atoms with van der Waals surface area (Å²) >= 11 is 0. The first-order chi connectivity index (χ1) is 16.2. The quantitative estimate of drug-likeness (QED) is 0.721. The second kappa shape index (κ2) is 11.7. The molecule has 2 aliphatic heterocycles. The molecule has 9 heteroatoms. The Morgan fingerprint density at radius 2 is 1.85 bits per heavy atom. The van der Waals surface area contributed by atoms with Crippen LogP contribution in [0.5, 0.6) is 5.75 Å². The number of hydrogen-bond donors (Lipinski definition) is 1. The molecule has 2 aliphatic rings. The molecule has 3 atom stereocenters. The second-order valence-corrected chi connectivity index (χ2v) is 9.37. The van der Waals surface area contributed by atoms with Crippen LogP contribution in [0.15, 0.2) is 18.2 Å². The Bertz CT molecular complexity index is 885. The minimum Gasteiger partial charge on any atom is -0.491 e. The minimum absolute atomic E-state index is 0.00361. The van der Waals surface area contributed by atoms with Crippen molar-refractivity contribution in [1.82, 2.24) is 9.80 Å². The van der Waals surface area contributed by atoms with Crippen molar-refractivity contribution in [2.75, 3.05) is 52.4 Å².